The maximum atomic E-state index is 13.0. The minimum atomic E-state index is -4.94. The Bertz CT molecular complexity index is 934. The number of alkyl halides is 6. The Labute approximate surface area is 154 Å². The number of halogens is 6. The summed E-state index contributed by atoms with van der Waals surface area (Å²) in [6, 6.07) is 4.51. The van der Waals surface area contributed by atoms with Crippen molar-refractivity contribution in [2.45, 2.75) is 25.5 Å². The third-order valence-electron chi connectivity index (χ3n) is 3.87. The fourth-order valence-corrected chi connectivity index (χ4v) is 2.67. The van der Waals surface area contributed by atoms with Gasteiger partial charge >= 0.3 is 12.4 Å². The van der Waals surface area contributed by atoms with E-state index in [0.29, 0.717) is 17.7 Å². The summed E-state index contributed by atoms with van der Waals surface area (Å²) in [5.74, 6) is 0. The van der Waals surface area contributed by atoms with Gasteiger partial charge in [-0.05, 0) is 35.9 Å². The summed E-state index contributed by atoms with van der Waals surface area (Å²) in [6.07, 6.45) is -6.98. The second-order valence-electron chi connectivity index (χ2n) is 5.86. The molecule has 11 heteroatoms. The molecule has 5 nitrogen and oxygen atoms in total. The minimum Gasteiger partial charge on any atom is -0.390 e. The van der Waals surface area contributed by atoms with Crippen LogP contribution in [-0.2, 0) is 25.5 Å². The van der Waals surface area contributed by atoms with Gasteiger partial charge in [0.15, 0.2) is 0 Å². The summed E-state index contributed by atoms with van der Waals surface area (Å²) in [5.41, 5.74) is -2.26. The Morgan fingerprint density at radius 2 is 1.61 bits per heavy atom. The molecule has 0 aliphatic rings. The van der Waals surface area contributed by atoms with Gasteiger partial charge in [0.05, 0.1) is 30.0 Å². The van der Waals surface area contributed by atoms with Crippen LogP contribution in [0.2, 0.25) is 0 Å². The fourth-order valence-electron chi connectivity index (χ4n) is 2.67. The molecule has 0 unspecified atom stereocenters. The molecular formula is C17H12F6N4O. The van der Waals surface area contributed by atoms with E-state index in [1.165, 1.54) is 12.4 Å². The summed E-state index contributed by atoms with van der Waals surface area (Å²) >= 11 is 0. The van der Waals surface area contributed by atoms with E-state index in [1.54, 1.807) is 12.1 Å². The van der Waals surface area contributed by atoms with Crippen molar-refractivity contribution in [3.8, 4) is 11.3 Å². The molecule has 1 aromatic carbocycles. The van der Waals surface area contributed by atoms with Crippen molar-refractivity contribution in [1.29, 1.82) is 0 Å². The van der Waals surface area contributed by atoms with Crippen molar-refractivity contribution in [2.75, 3.05) is 0 Å². The Morgan fingerprint density at radius 3 is 2.11 bits per heavy atom. The number of pyridine rings is 1. The maximum Gasteiger partial charge on any atom is 0.416 e. The van der Waals surface area contributed by atoms with Crippen molar-refractivity contribution in [2.24, 2.45) is 0 Å². The smallest absolute Gasteiger partial charge is 0.390 e. The lowest BCUT2D eigenvalue weighted by Crippen LogP contribution is -2.13. The van der Waals surface area contributed by atoms with Gasteiger partial charge in [0.2, 0.25) is 0 Å². The largest absolute Gasteiger partial charge is 0.416 e. The van der Waals surface area contributed by atoms with Gasteiger partial charge in [0.1, 0.15) is 5.69 Å². The van der Waals surface area contributed by atoms with Crippen LogP contribution in [0.15, 0.2) is 42.7 Å². The predicted octanol–water partition coefficient (Wildman–Crippen LogP) is 3.92. The molecule has 0 saturated heterocycles. The van der Waals surface area contributed by atoms with Crippen molar-refractivity contribution in [3.63, 3.8) is 0 Å². The highest BCUT2D eigenvalue weighted by Gasteiger charge is 2.37. The van der Waals surface area contributed by atoms with Gasteiger partial charge in [-0.2, -0.15) is 26.3 Å². The SMILES string of the molecule is OCc1nnn(Cc2cc(C(F)(F)F)cc(C(F)(F)F)c2)c1-c1cccnc1. The normalized spacial score (nSPS) is 12.4. The van der Waals surface area contributed by atoms with Crippen LogP contribution in [-0.4, -0.2) is 25.1 Å². The third kappa shape index (κ3) is 4.14. The number of aromatic nitrogens is 4. The summed E-state index contributed by atoms with van der Waals surface area (Å²) in [7, 11) is 0. The van der Waals surface area contributed by atoms with Crippen LogP contribution in [0.5, 0.6) is 0 Å². The van der Waals surface area contributed by atoms with Crippen LogP contribution in [0.4, 0.5) is 26.3 Å². The molecule has 0 bridgehead atoms. The Morgan fingerprint density at radius 1 is 0.964 bits per heavy atom. The molecular weight excluding hydrogens is 390 g/mol. The summed E-state index contributed by atoms with van der Waals surface area (Å²) in [6.45, 7) is -0.926. The van der Waals surface area contributed by atoms with Crippen LogP contribution < -0.4 is 0 Å². The van der Waals surface area contributed by atoms with Crippen molar-refractivity contribution in [1.82, 2.24) is 20.0 Å². The fraction of sp³-hybridized carbons (Fsp3) is 0.235. The highest BCUT2D eigenvalue weighted by atomic mass is 19.4. The Hall–Kier alpha value is -2.95. The lowest BCUT2D eigenvalue weighted by atomic mass is 10.0. The average Bonchev–Trinajstić information content (AvgIpc) is 3.03. The number of hydrogen-bond acceptors (Lipinski definition) is 4. The Balaban J connectivity index is 2.09. The minimum absolute atomic E-state index is 0.0615. The molecule has 1 N–H and O–H groups in total. The first kappa shape index (κ1) is 19.8. The van der Waals surface area contributed by atoms with Gasteiger partial charge in [0, 0.05) is 18.0 Å². The third-order valence-corrected chi connectivity index (χ3v) is 3.87. The quantitative estimate of drug-likeness (QED) is 0.672. The molecule has 2 heterocycles. The molecule has 0 atom stereocenters. The van der Waals surface area contributed by atoms with E-state index in [-0.39, 0.29) is 23.0 Å². The van der Waals surface area contributed by atoms with Gasteiger partial charge in [-0.25, -0.2) is 4.68 Å². The molecule has 0 fully saturated rings. The zero-order chi connectivity index (χ0) is 20.5. The first-order valence-corrected chi connectivity index (χ1v) is 7.81. The second kappa shape index (κ2) is 7.23. The van der Waals surface area contributed by atoms with E-state index in [9.17, 15) is 31.4 Å². The highest BCUT2D eigenvalue weighted by molar-refractivity contribution is 5.60. The van der Waals surface area contributed by atoms with E-state index in [1.807, 2.05) is 0 Å². The molecule has 148 valence electrons. The molecule has 0 spiro atoms. The Kier molecular flexibility index (Phi) is 5.11. The first-order chi connectivity index (χ1) is 13.1. The first-order valence-electron chi connectivity index (χ1n) is 7.81. The van der Waals surface area contributed by atoms with E-state index in [2.05, 4.69) is 15.3 Å². The number of aliphatic hydroxyl groups is 1. The standard InChI is InChI=1S/C17H12F6N4O/c18-16(19,20)12-4-10(5-13(6-12)17(21,22)23)8-27-15(14(9-28)25-26-27)11-2-1-3-24-7-11/h1-7,28H,8-9H2. The molecule has 0 aliphatic carbocycles. The summed E-state index contributed by atoms with van der Waals surface area (Å²) in [4.78, 5) is 3.91. The number of hydrogen-bond donors (Lipinski definition) is 1. The predicted molar refractivity (Wildman–Crippen MR) is 84.7 cm³/mol. The van der Waals surface area contributed by atoms with Crippen LogP contribution >= 0.6 is 0 Å². The number of nitrogens with zero attached hydrogens (tertiary/aromatic N) is 4. The summed E-state index contributed by atoms with van der Waals surface area (Å²) in [5, 5.41) is 16.9. The second-order valence-corrected chi connectivity index (χ2v) is 5.86. The van der Waals surface area contributed by atoms with Crippen molar-refractivity contribution >= 4 is 0 Å². The van der Waals surface area contributed by atoms with E-state index in [0.717, 1.165) is 4.68 Å². The molecule has 2 aromatic heterocycles. The molecule has 0 aliphatic heterocycles. The van der Waals surface area contributed by atoms with Crippen LogP contribution in [0.3, 0.4) is 0 Å². The van der Waals surface area contributed by atoms with Gasteiger partial charge in [-0.15, -0.1) is 5.10 Å². The van der Waals surface area contributed by atoms with Crippen LogP contribution in [0, 0.1) is 0 Å². The summed E-state index contributed by atoms with van der Waals surface area (Å²) < 4.78 is 79.3. The monoisotopic (exact) mass is 402 g/mol. The zero-order valence-electron chi connectivity index (χ0n) is 14.0. The topological polar surface area (TPSA) is 63.8 Å². The van der Waals surface area contributed by atoms with E-state index in [4.69, 9.17) is 0 Å². The molecule has 0 amide bonds. The molecule has 0 saturated carbocycles. The van der Waals surface area contributed by atoms with Gasteiger partial charge < -0.3 is 5.11 Å². The van der Waals surface area contributed by atoms with Crippen molar-refractivity contribution < 1.29 is 31.4 Å². The number of benzene rings is 1. The number of aliphatic hydroxyl groups excluding tert-OH is 1. The zero-order valence-corrected chi connectivity index (χ0v) is 14.0. The van der Waals surface area contributed by atoms with Crippen LogP contribution in [0.1, 0.15) is 22.4 Å². The maximum absolute atomic E-state index is 13.0. The molecule has 28 heavy (non-hydrogen) atoms. The lowest BCUT2D eigenvalue weighted by Gasteiger charge is -2.15. The van der Waals surface area contributed by atoms with E-state index >= 15 is 0 Å². The van der Waals surface area contributed by atoms with Gasteiger partial charge in [0.25, 0.3) is 0 Å². The average molecular weight is 402 g/mol. The van der Waals surface area contributed by atoms with E-state index < -0.39 is 36.6 Å². The molecule has 3 rings (SSSR count). The lowest BCUT2D eigenvalue weighted by molar-refractivity contribution is -0.143. The highest BCUT2D eigenvalue weighted by Crippen LogP contribution is 2.36. The van der Waals surface area contributed by atoms with Crippen LogP contribution in [0.25, 0.3) is 11.3 Å². The molecule has 3 aromatic rings. The van der Waals surface area contributed by atoms with Gasteiger partial charge in [-0.3, -0.25) is 4.98 Å². The number of rotatable bonds is 4. The van der Waals surface area contributed by atoms with Crippen molar-refractivity contribution in [3.05, 3.63) is 65.1 Å². The molecule has 0 radical (unpaired) electrons. The van der Waals surface area contributed by atoms with Gasteiger partial charge in [-0.1, -0.05) is 5.21 Å².